The lowest BCUT2D eigenvalue weighted by Gasteiger charge is -2.19. The van der Waals surface area contributed by atoms with Crippen molar-refractivity contribution >= 4 is 23.2 Å². The van der Waals surface area contributed by atoms with Crippen LogP contribution >= 0.6 is 0 Å². The van der Waals surface area contributed by atoms with Gasteiger partial charge >= 0.3 is 12.1 Å². The monoisotopic (exact) mass is 670 g/mol. The quantitative estimate of drug-likeness (QED) is 0.157. The molecule has 1 N–H and O–H groups in total. The largest absolute Gasteiger partial charge is 0.511 e. The first-order chi connectivity index (χ1) is 23.9. The van der Waals surface area contributed by atoms with E-state index in [2.05, 4.69) is 25.6 Å². The first-order valence-corrected chi connectivity index (χ1v) is 15.8. The van der Waals surface area contributed by atoms with Gasteiger partial charge < -0.3 is 33.2 Å². The van der Waals surface area contributed by atoms with Crippen molar-refractivity contribution in [2.45, 2.75) is 51.1 Å². The zero-order valence-electron chi connectivity index (χ0n) is 27.0. The highest BCUT2D eigenvalue weighted by Crippen LogP contribution is 2.32. The van der Waals surface area contributed by atoms with Crippen LogP contribution in [0.25, 0.3) is 33.5 Å². The Morgan fingerprint density at radius 3 is 2.45 bits per heavy atom. The maximum atomic E-state index is 13.5. The molecule has 2 aliphatic rings. The van der Waals surface area contributed by atoms with E-state index in [0.29, 0.717) is 42.6 Å². The van der Waals surface area contributed by atoms with Crippen molar-refractivity contribution < 1.29 is 42.7 Å². The van der Waals surface area contributed by atoms with Crippen molar-refractivity contribution in [1.82, 2.24) is 30.2 Å². The molecule has 2 aliphatic heterocycles. The first-order valence-electron chi connectivity index (χ1n) is 15.8. The number of ether oxygens (including phenoxy) is 7. The van der Waals surface area contributed by atoms with Crippen LogP contribution in [0.2, 0.25) is 0 Å². The van der Waals surface area contributed by atoms with Crippen LogP contribution in [0.15, 0.2) is 66.7 Å². The van der Waals surface area contributed by atoms with E-state index in [-0.39, 0.29) is 24.4 Å². The molecule has 0 spiro atoms. The van der Waals surface area contributed by atoms with Crippen molar-refractivity contribution in [3.05, 3.63) is 77.9 Å². The van der Waals surface area contributed by atoms with Crippen molar-refractivity contribution in [2.75, 3.05) is 26.9 Å². The van der Waals surface area contributed by atoms with Crippen LogP contribution in [0.4, 0.5) is 4.79 Å². The van der Waals surface area contributed by atoms with Crippen molar-refractivity contribution in [1.29, 1.82) is 0 Å². The van der Waals surface area contributed by atoms with Gasteiger partial charge in [0.15, 0.2) is 6.10 Å². The molecule has 2 aromatic heterocycles. The normalized spacial score (nSPS) is 20.6. The molecule has 3 aromatic carbocycles. The predicted molar refractivity (Wildman–Crippen MR) is 172 cm³/mol. The Bertz CT molecular complexity index is 1930. The second-order valence-electron chi connectivity index (χ2n) is 11.4. The molecule has 5 aromatic rings. The molecule has 1 unspecified atom stereocenters. The number of imidazole rings is 1. The predicted octanol–water partition coefficient (Wildman–Crippen LogP) is 4.17. The van der Waals surface area contributed by atoms with E-state index in [1.54, 1.807) is 25.3 Å². The number of para-hydroxylation sites is 1. The molecular formula is C34H34N6O9. The maximum absolute atomic E-state index is 13.5. The third-order valence-electron chi connectivity index (χ3n) is 8.39. The molecule has 2 fully saturated rings. The minimum absolute atomic E-state index is 0.142. The van der Waals surface area contributed by atoms with E-state index in [9.17, 15) is 9.59 Å². The summed E-state index contributed by atoms with van der Waals surface area (Å²) in [5.74, 6) is -0.211. The van der Waals surface area contributed by atoms with Gasteiger partial charge in [-0.05, 0) is 41.0 Å². The van der Waals surface area contributed by atoms with Crippen LogP contribution in [0.5, 0.6) is 6.01 Å². The molecule has 7 rings (SSSR count). The Labute approximate surface area is 280 Å². The van der Waals surface area contributed by atoms with Crippen molar-refractivity contribution in [3.63, 3.8) is 0 Å². The number of hydrogen-bond donors (Lipinski definition) is 1. The van der Waals surface area contributed by atoms with E-state index in [1.165, 1.54) is 6.92 Å². The van der Waals surface area contributed by atoms with Gasteiger partial charge in [0, 0.05) is 19.6 Å². The average molecular weight is 671 g/mol. The molecule has 0 aliphatic carbocycles. The molecule has 0 bridgehead atoms. The van der Waals surface area contributed by atoms with Gasteiger partial charge in [-0.3, -0.25) is 4.57 Å². The number of benzene rings is 3. The van der Waals surface area contributed by atoms with E-state index in [4.69, 9.17) is 33.2 Å². The summed E-state index contributed by atoms with van der Waals surface area (Å²) >= 11 is 0. The number of aromatic nitrogens is 6. The number of aromatic amines is 1. The summed E-state index contributed by atoms with van der Waals surface area (Å²) in [7, 11) is 1.57. The van der Waals surface area contributed by atoms with Crippen LogP contribution in [0.1, 0.15) is 29.8 Å². The van der Waals surface area contributed by atoms with Crippen molar-refractivity contribution in [2.24, 2.45) is 0 Å². The van der Waals surface area contributed by atoms with Crippen LogP contribution < -0.4 is 4.74 Å². The Kier molecular flexibility index (Phi) is 9.19. The molecular weight excluding hydrogens is 636 g/mol. The molecule has 15 heteroatoms. The SMILES string of the molecule is CCOc1nc2cccc(C(=O)OC(C)OC(=O)O[C@H]3CO[C@H]4[C@@H]3OC[C@@H]4OC)c2n1Cc1ccc(-c2ccccc2-c2nn[nH]n2)cc1. The van der Waals surface area contributed by atoms with Crippen molar-refractivity contribution in [3.8, 4) is 28.5 Å². The second-order valence-corrected chi connectivity index (χ2v) is 11.4. The maximum Gasteiger partial charge on any atom is 0.511 e. The summed E-state index contributed by atoms with van der Waals surface area (Å²) in [4.78, 5) is 30.7. The van der Waals surface area contributed by atoms with Gasteiger partial charge in [0.05, 0.1) is 43.0 Å². The summed E-state index contributed by atoms with van der Waals surface area (Å²) in [6.45, 7) is 4.49. The van der Waals surface area contributed by atoms with E-state index in [0.717, 1.165) is 22.3 Å². The van der Waals surface area contributed by atoms with Crippen LogP contribution in [0.3, 0.4) is 0 Å². The Morgan fingerprint density at radius 1 is 0.959 bits per heavy atom. The average Bonchev–Trinajstić information content (AvgIpc) is 3.92. The zero-order valence-corrected chi connectivity index (χ0v) is 27.0. The van der Waals surface area contributed by atoms with Crippen LogP contribution in [-0.2, 0) is 35.0 Å². The number of hydrogen-bond acceptors (Lipinski definition) is 13. The number of methoxy groups -OCH3 is 1. The Hall–Kier alpha value is -5.38. The summed E-state index contributed by atoms with van der Waals surface area (Å²) in [5, 5.41) is 14.5. The molecule has 2 saturated heterocycles. The van der Waals surface area contributed by atoms with Gasteiger partial charge in [0.1, 0.15) is 18.3 Å². The molecule has 0 radical (unpaired) electrons. The number of tetrazole rings is 1. The van der Waals surface area contributed by atoms with Gasteiger partial charge in [0.25, 0.3) is 6.01 Å². The Balaban J connectivity index is 1.07. The van der Waals surface area contributed by atoms with Gasteiger partial charge in [-0.2, -0.15) is 10.2 Å². The van der Waals surface area contributed by atoms with Crippen LogP contribution in [0, 0.1) is 0 Å². The number of carbonyl (C=O) groups excluding carboxylic acids is 2. The third-order valence-corrected chi connectivity index (χ3v) is 8.39. The highest BCUT2D eigenvalue weighted by molar-refractivity contribution is 6.02. The van der Waals surface area contributed by atoms with Gasteiger partial charge in [-0.15, -0.1) is 10.2 Å². The summed E-state index contributed by atoms with van der Waals surface area (Å²) in [6, 6.07) is 21.3. The molecule has 15 nitrogen and oxygen atoms in total. The number of nitrogens with one attached hydrogen (secondary N) is 1. The molecule has 5 atom stereocenters. The lowest BCUT2D eigenvalue weighted by Crippen LogP contribution is -2.35. The van der Waals surface area contributed by atoms with E-state index >= 15 is 0 Å². The molecule has 49 heavy (non-hydrogen) atoms. The topological polar surface area (TPSA) is 171 Å². The molecule has 0 saturated carbocycles. The molecule has 254 valence electrons. The van der Waals surface area contributed by atoms with Crippen LogP contribution in [-0.4, -0.2) is 99.9 Å². The number of nitrogens with zero attached hydrogens (tertiary/aromatic N) is 5. The number of fused-ring (bicyclic) bond motifs is 2. The number of rotatable bonds is 11. The number of carbonyl (C=O) groups is 2. The lowest BCUT2D eigenvalue weighted by atomic mass is 9.98. The minimum Gasteiger partial charge on any atom is -0.465 e. The smallest absolute Gasteiger partial charge is 0.465 e. The Morgan fingerprint density at radius 2 is 1.71 bits per heavy atom. The zero-order chi connectivity index (χ0) is 33.9. The highest BCUT2D eigenvalue weighted by atomic mass is 16.8. The lowest BCUT2D eigenvalue weighted by molar-refractivity contribution is -0.0989. The fraction of sp³-hybridized carbons (Fsp3) is 0.353. The standard InChI is InChI=1S/C34H34N6O9/c1-4-44-33-35-25-11-7-10-24(32(41)47-19(2)48-34(42)49-27-18-46-29-26(43-3)17-45-30(27)29)28(25)40(33)16-20-12-14-21(15-13-20)22-8-5-6-9-23(22)31-36-38-39-37-31/h5-15,19,26-27,29-30H,4,16-18H2,1-3H3,(H,36,37,38,39)/t19?,26-,27-,29+,30+/m0/s1. The molecule has 4 heterocycles. The van der Waals surface area contributed by atoms with Gasteiger partial charge in [-0.25, -0.2) is 9.59 Å². The number of H-pyrrole nitrogens is 1. The summed E-state index contributed by atoms with van der Waals surface area (Å²) in [6.07, 6.45) is -3.97. The third kappa shape index (κ3) is 6.55. The first kappa shape index (κ1) is 32.2. The molecule has 0 amide bonds. The summed E-state index contributed by atoms with van der Waals surface area (Å²) in [5.41, 5.74) is 4.98. The number of esters is 1. The fourth-order valence-corrected chi connectivity index (χ4v) is 6.15. The van der Waals surface area contributed by atoms with Gasteiger partial charge in [-0.1, -0.05) is 54.6 Å². The van der Waals surface area contributed by atoms with Gasteiger partial charge in [0.2, 0.25) is 12.1 Å². The van der Waals surface area contributed by atoms with E-state index in [1.807, 2.05) is 60.0 Å². The highest BCUT2D eigenvalue weighted by Gasteiger charge is 2.50. The minimum atomic E-state index is -1.25. The summed E-state index contributed by atoms with van der Waals surface area (Å²) < 4.78 is 40.7. The van der Waals surface area contributed by atoms with E-state index < -0.39 is 30.6 Å². The fourth-order valence-electron chi connectivity index (χ4n) is 6.15. The second kappa shape index (κ2) is 14.0.